The fourth-order valence-electron chi connectivity index (χ4n) is 5.61. The number of anilines is 1. The van der Waals surface area contributed by atoms with Crippen LogP contribution in [-0.2, 0) is 16.1 Å². The number of pyridine rings is 1. The van der Waals surface area contributed by atoms with E-state index in [4.69, 9.17) is 17.0 Å². The smallest absolute Gasteiger partial charge is 0.226 e. The number of carbonyl (C=O) groups excluding carboxylic acids is 1. The third-order valence-corrected chi connectivity index (χ3v) is 7.79. The lowest BCUT2D eigenvalue weighted by Crippen LogP contribution is -2.33. The van der Waals surface area contributed by atoms with Gasteiger partial charge in [0.2, 0.25) is 5.91 Å². The molecular weight excluding hydrogens is 494 g/mol. The van der Waals surface area contributed by atoms with Gasteiger partial charge in [0.05, 0.1) is 23.9 Å². The van der Waals surface area contributed by atoms with Crippen LogP contribution in [0.5, 0.6) is 0 Å². The SMILES string of the molecule is O=C(CCN1C(=S)N[C@H](c2ccccn2)[C@@H]1c1cccn1C[C@H]1CCCO1)Nc1cccc2ccccc12. The fraction of sp³-hybridized carbons (Fsp3) is 0.300. The molecule has 0 unspecified atom stereocenters. The molecule has 8 heteroatoms. The number of aromatic nitrogens is 2. The molecule has 2 aliphatic rings. The van der Waals surface area contributed by atoms with E-state index in [1.807, 2.05) is 66.9 Å². The summed E-state index contributed by atoms with van der Waals surface area (Å²) in [6.07, 6.45) is 6.62. The summed E-state index contributed by atoms with van der Waals surface area (Å²) in [5.41, 5.74) is 2.88. The summed E-state index contributed by atoms with van der Waals surface area (Å²) in [5.74, 6) is -0.0427. The molecule has 4 heterocycles. The zero-order chi connectivity index (χ0) is 25.9. The van der Waals surface area contributed by atoms with E-state index in [0.717, 1.165) is 53.8 Å². The molecule has 1 amide bonds. The van der Waals surface area contributed by atoms with Crippen molar-refractivity contribution in [1.82, 2.24) is 19.8 Å². The van der Waals surface area contributed by atoms with Crippen LogP contribution < -0.4 is 10.6 Å². The molecule has 0 radical (unpaired) electrons. The Labute approximate surface area is 227 Å². The Balaban J connectivity index is 1.24. The Bertz CT molecular complexity index is 1430. The summed E-state index contributed by atoms with van der Waals surface area (Å²) < 4.78 is 8.20. The van der Waals surface area contributed by atoms with Crippen molar-refractivity contribution in [2.75, 3.05) is 18.5 Å². The second kappa shape index (κ2) is 10.9. The average Bonchev–Trinajstić information content (AvgIpc) is 3.69. The number of hydrogen-bond acceptors (Lipinski definition) is 4. The number of nitrogens with zero attached hydrogens (tertiary/aromatic N) is 3. The second-order valence-corrected chi connectivity index (χ2v) is 10.3. The molecule has 38 heavy (non-hydrogen) atoms. The van der Waals surface area contributed by atoms with Crippen molar-refractivity contribution in [3.63, 3.8) is 0 Å². The van der Waals surface area contributed by atoms with Gasteiger partial charge in [-0.2, -0.15) is 0 Å². The number of ether oxygens (including phenoxy) is 1. The highest BCUT2D eigenvalue weighted by atomic mass is 32.1. The molecule has 2 N–H and O–H groups in total. The van der Waals surface area contributed by atoms with E-state index in [2.05, 4.69) is 43.4 Å². The molecule has 194 valence electrons. The summed E-state index contributed by atoms with van der Waals surface area (Å²) in [6, 6.07) is 24.0. The Kier molecular flexibility index (Phi) is 7.07. The van der Waals surface area contributed by atoms with E-state index in [1.165, 1.54) is 0 Å². The maximum absolute atomic E-state index is 13.1. The minimum absolute atomic E-state index is 0.0427. The van der Waals surface area contributed by atoms with Crippen LogP contribution in [0, 0.1) is 0 Å². The summed E-state index contributed by atoms with van der Waals surface area (Å²) in [5, 5.41) is 9.37. The summed E-state index contributed by atoms with van der Waals surface area (Å²) in [4.78, 5) is 19.9. The first-order valence-electron chi connectivity index (χ1n) is 13.2. The quantitative estimate of drug-likeness (QED) is 0.308. The Morgan fingerprint density at radius 2 is 1.95 bits per heavy atom. The molecule has 0 bridgehead atoms. The van der Waals surface area contributed by atoms with Crippen LogP contribution in [0.1, 0.15) is 42.7 Å². The van der Waals surface area contributed by atoms with Gasteiger partial charge in [-0.15, -0.1) is 0 Å². The second-order valence-electron chi connectivity index (χ2n) is 9.87. The number of rotatable bonds is 8. The number of carbonyl (C=O) groups is 1. The van der Waals surface area contributed by atoms with Gasteiger partial charge in [-0.05, 0) is 60.8 Å². The molecule has 7 nitrogen and oxygen atoms in total. The number of amides is 1. The van der Waals surface area contributed by atoms with E-state index < -0.39 is 0 Å². The lowest BCUT2D eigenvalue weighted by Gasteiger charge is -2.29. The van der Waals surface area contributed by atoms with Crippen molar-refractivity contribution >= 4 is 39.7 Å². The summed E-state index contributed by atoms with van der Waals surface area (Å²) in [6.45, 7) is 2.11. The molecule has 2 aliphatic heterocycles. The van der Waals surface area contributed by atoms with Crippen LogP contribution in [0.15, 0.2) is 85.2 Å². The molecule has 0 aliphatic carbocycles. The van der Waals surface area contributed by atoms with Crippen molar-refractivity contribution in [3.05, 3.63) is 96.6 Å². The van der Waals surface area contributed by atoms with E-state index in [-0.39, 0.29) is 24.1 Å². The molecule has 2 aromatic carbocycles. The van der Waals surface area contributed by atoms with Gasteiger partial charge in [-0.3, -0.25) is 9.78 Å². The monoisotopic (exact) mass is 525 g/mol. The minimum Gasteiger partial charge on any atom is -0.376 e. The van der Waals surface area contributed by atoms with E-state index >= 15 is 0 Å². The van der Waals surface area contributed by atoms with Crippen molar-refractivity contribution in [3.8, 4) is 0 Å². The van der Waals surface area contributed by atoms with Gasteiger partial charge in [0.15, 0.2) is 5.11 Å². The van der Waals surface area contributed by atoms with E-state index in [0.29, 0.717) is 18.1 Å². The van der Waals surface area contributed by atoms with Gasteiger partial charge in [-0.25, -0.2) is 0 Å². The van der Waals surface area contributed by atoms with Crippen molar-refractivity contribution < 1.29 is 9.53 Å². The number of thiocarbonyl (C=S) groups is 1. The lowest BCUT2D eigenvalue weighted by atomic mass is 10.0. The zero-order valence-electron chi connectivity index (χ0n) is 21.1. The molecule has 0 saturated carbocycles. The van der Waals surface area contributed by atoms with Crippen LogP contribution in [0.2, 0.25) is 0 Å². The highest BCUT2D eigenvalue weighted by molar-refractivity contribution is 7.80. The number of nitrogens with one attached hydrogen (secondary N) is 2. The Hall–Kier alpha value is -3.75. The van der Waals surface area contributed by atoms with Gasteiger partial charge in [0.25, 0.3) is 0 Å². The van der Waals surface area contributed by atoms with Gasteiger partial charge in [-0.1, -0.05) is 42.5 Å². The van der Waals surface area contributed by atoms with Gasteiger partial charge < -0.3 is 24.8 Å². The number of fused-ring (bicyclic) bond motifs is 1. The zero-order valence-corrected chi connectivity index (χ0v) is 21.9. The first kappa shape index (κ1) is 24.6. The topological polar surface area (TPSA) is 71.4 Å². The maximum Gasteiger partial charge on any atom is 0.226 e. The third kappa shape index (κ3) is 5.01. The highest BCUT2D eigenvalue weighted by Gasteiger charge is 2.41. The van der Waals surface area contributed by atoms with Crippen molar-refractivity contribution in [2.24, 2.45) is 0 Å². The molecule has 3 atom stereocenters. The molecule has 0 spiro atoms. The normalized spacial score (nSPS) is 21.1. The Morgan fingerprint density at radius 1 is 1.08 bits per heavy atom. The Morgan fingerprint density at radius 3 is 2.79 bits per heavy atom. The maximum atomic E-state index is 13.1. The van der Waals surface area contributed by atoms with Crippen LogP contribution in [0.4, 0.5) is 5.69 Å². The molecule has 2 fully saturated rings. The third-order valence-electron chi connectivity index (χ3n) is 7.43. The minimum atomic E-state index is -0.122. The largest absolute Gasteiger partial charge is 0.376 e. The van der Waals surface area contributed by atoms with Crippen LogP contribution in [0.25, 0.3) is 10.8 Å². The van der Waals surface area contributed by atoms with E-state index in [1.54, 1.807) is 0 Å². The molecule has 2 saturated heterocycles. The summed E-state index contributed by atoms with van der Waals surface area (Å²) >= 11 is 5.82. The van der Waals surface area contributed by atoms with Crippen molar-refractivity contribution in [1.29, 1.82) is 0 Å². The van der Waals surface area contributed by atoms with Gasteiger partial charge in [0, 0.05) is 55.3 Å². The average molecular weight is 526 g/mol. The molecule has 6 rings (SSSR count). The predicted molar refractivity (Wildman–Crippen MR) is 153 cm³/mol. The molecule has 4 aromatic rings. The van der Waals surface area contributed by atoms with Gasteiger partial charge >= 0.3 is 0 Å². The van der Waals surface area contributed by atoms with Crippen LogP contribution in [0.3, 0.4) is 0 Å². The number of benzene rings is 2. The highest BCUT2D eigenvalue weighted by Crippen LogP contribution is 2.39. The summed E-state index contributed by atoms with van der Waals surface area (Å²) in [7, 11) is 0. The lowest BCUT2D eigenvalue weighted by molar-refractivity contribution is -0.116. The van der Waals surface area contributed by atoms with Crippen LogP contribution in [-0.4, -0.2) is 44.7 Å². The first-order valence-corrected chi connectivity index (χ1v) is 13.6. The predicted octanol–water partition coefficient (Wildman–Crippen LogP) is 5.22. The van der Waals surface area contributed by atoms with Crippen LogP contribution >= 0.6 is 12.2 Å². The fourth-order valence-corrected chi connectivity index (χ4v) is 5.94. The number of hydrogen-bond donors (Lipinski definition) is 2. The van der Waals surface area contributed by atoms with Crippen molar-refractivity contribution in [2.45, 2.75) is 44.0 Å². The standard InChI is InChI=1S/C30H31N5O2S/c36-27(32-24-13-5-9-21-8-1-2-11-23(21)24)15-18-35-29(28(33-30(35)38)25-12-3-4-16-31-25)26-14-6-17-34(26)20-22-10-7-19-37-22/h1-6,8-9,11-14,16-17,22,28-29H,7,10,15,18-20H2,(H,32,36)(H,33,38)/t22-,28-,29+/m1/s1. The van der Waals surface area contributed by atoms with Gasteiger partial charge in [0.1, 0.15) is 0 Å². The molecule has 2 aromatic heterocycles. The van der Waals surface area contributed by atoms with E-state index in [9.17, 15) is 4.79 Å². The molecular formula is C30H31N5O2S. The first-order chi connectivity index (χ1) is 18.7.